The minimum absolute atomic E-state index is 0.0321. The quantitative estimate of drug-likeness (QED) is 0.778. The molecular weight excluding hydrogens is 352 g/mol. The molecule has 0 saturated carbocycles. The van der Waals surface area contributed by atoms with E-state index in [4.69, 9.17) is 4.74 Å². The summed E-state index contributed by atoms with van der Waals surface area (Å²) in [5.41, 5.74) is 1.88. The molecule has 0 radical (unpaired) electrons. The van der Waals surface area contributed by atoms with Gasteiger partial charge in [-0.25, -0.2) is 13.1 Å². The molecule has 2 aromatic rings. The molecule has 0 aliphatic rings. The van der Waals surface area contributed by atoms with Gasteiger partial charge in [0.1, 0.15) is 5.75 Å². The Morgan fingerprint density at radius 1 is 1.12 bits per heavy atom. The number of hydrogen-bond acceptors (Lipinski definition) is 4. The van der Waals surface area contributed by atoms with Crippen LogP contribution in [0.2, 0.25) is 0 Å². The van der Waals surface area contributed by atoms with Crippen LogP contribution in [0.5, 0.6) is 5.75 Å². The largest absolute Gasteiger partial charge is 0.497 e. The predicted octanol–water partition coefficient (Wildman–Crippen LogP) is 2.62. The summed E-state index contributed by atoms with van der Waals surface area (Å²) in [6, 6.07) is 11.6. The Bertz CT molecular complexity index is 875. The zero-order valence-corrected chi connectivity index (χ0v) is 16.2. The van der Waals surface area contributed by atoms with E-state index in [-0.39, 0.29) is 23.4 Å². The van der Waals surface area contributed by atoms with Crippen LogP contribution in [0.4, 0.5) is 0 Å². The van der Waals surface area contributed by atoms with E-state index in [9.17, 15) is 13.2 Å². The van der Waals surface area contributed by atoms with Gasteiger partial charge >= 0.3 is 0 Å². The molecule has 0 spiro atoms. The topological polar surface area (TPSA) is 84.5 Å². The highest BCUT2D eigenvalue weighted by atomic mass is 32.2. The second kappa shape index (κ2) is 8.33. The smallest absolute Gasteiger partial charge is 0.251 e. The zero-order chi connectivity index (χ0) is 19.3. The lowest BCUT2D eigenvalue weighted by Gasteiger charge is -2.13. The van der Waals surface area contributed by atoms with Crippen LogP contribution in [0, 0.1) is 6.92 Å². The summed E-state index contributed by atoms with van der Waals surface area (Å²) >= 11 is 0. The number of hydrogen-bond donors (Lipinski definition) is 2. The number of benzene rings is 2. The fourth-order valence-corrected chi connectivity index (χ4v) is 3.40. The van der Waals surface area contributed by atoms with E-state index in [1.807, 2.05) is 13.8 Å². The van der Waals surface area contributed by atoms with Gasteiger partial charge in [-0.05, 0) is 56.2 Å². The van der Waals surface area contributed by atoms with Gasteiger partial charge in [0.25, 0.3) is 5.91 Å². The van der Waals surface area contributed by atoms with Crippen molar-refractivity contribution in [3.8, 4) is 5.75 Å². The van der Waals surface area contributed by atoms with Crippen molar-refractivity contribution in [1.82, 2.24) is 10.0 Å². The fourth-order valence-electron chi connectivity index (χ4n) is 2.36. The molecule has 0 saturated heterocycles. The van der Waals surface area contributed by atoms with Gasteiger partial charge in [0.2, 0.25) is 10.0 Å². The molecule has 0 bridgehead atoms. The minimum atomic E-state index is -3.74. The van der Waals surface area contributed by atoms with Crippen molar-refractivity contribution in [2.24, 2.45) is 0 Å². The van der Waals surface area contributed by atoms with Gasteiger partial charge in [0.05, 0.1) is 12.0 Å². The standard InChI is InChI=1S/C19H24N2O4S/c1-13(2)21-19(22)18-11-17(10-5-14(18)3)26(23,24)20-12-15-6-8-16(25-4)9-7-15/h5-11,13,20H,12H2,1-4H3,(H,21,22). The highest BCUT2D eigenvalue weighted by Crippen LogP contribution is 2.17. The summed E-state index contributed by atoms with van der Waals surface area (Å²) in [5.74, 6) is 0.417. The molecule has 26 heavy (non-hydrogen) atoms. The number of sulfonamides is 1. The maximum atomic E-state index is 12.6. The molecule has 0 aliphatic carbocycles. The van der Waals surface area contributed by atoms with E-state index < -0.39 is 10.0 Å². The average molecular weight is 376 g/mol. The zero-order valence-electron chi connectivity index (χ0n) is 15.4. The molecule has 2 rings (SSSR count). The molecule has 0 atom stereocenters. The number of aryl methyl sites for hydroxylation is 1. The summed E-state index contributed by atoms with van der Waals surface area (Å²) in [6.07, 6.45) is 0. The normalized spacial score (nSPS) is 11.4. The summed E-state index contributed by atoms with van der Waals surface area (Å²) in [7, 11) is -2.17. The van der Waals surface area contributed by atoms with E-state index >= 15 is 0 Å². The predicted molar refractivity (Wildman–Crippen MR) is 101 cm³/mol. The first-order valence-electron chi connectivity index (χ1n) is 8.27. The highest BCUT2D eigenvalue weighted by Gasteiger charge is 2.18. The van der Waals surface area contributed by atoms with E-state index in [1.54, 1.807) is 44.4 Å². The lowest BCUT2D eigenvalue weighted by Crippen LogP contribution is -2.31. The Labute approximate surface area is 154 Å². The molecule has 0 heterocycles. The van der Waals surface area contributed by atoms with Crippen molar-refractivity contribution >= 4 is 15.9 Å². The summed E-state index contributed by atoms with van der Waals surface area (Å²) in [4.78, 5) is 12.3. The number of amides is 1. The van der Waals surface area contributed by atoms with Crippen LogP contribution in [0.3, 0.4) is 0 Å². The summed E-state index contributed by atoms with van der Waals surface area (Å²) < 4.78 is 32.8. The Morgan fingerprint density at radius 2 is 1.77 bits per heavy atom. The van der Waals surface area contributed by atoms with Gasteiger partial charge in [-0.15, -0.1) is 0 Å². The van der Waals surface area contributed by atoms with Crippen LogP contribution in [0.15, 0.2) is 47.4 Å². The van der Waals surface area contributed by atoms with Crippen LogP contribution in [0.25, 0.3) is 0 Å². The second-order valence-corrected chi connectivity index (χ2v) is 8.04. The number of methoxy groups -OCH3 is 1. The van der Waals surface area contributed by atoms with Crippen molar-refractivity contribution in [1.29, 1.82) is 0 Å². The Kier molecular flexibility index (Phi) is 6.39. The third kappa shape index (κ3) is 5.06. The maximum absolute atomic E-state index is 12.6. The number of carbonyl (C=O) groups excluding carboxylic acids is 1. The van der Waals surface area contributed by atoms with Crippen LogP contribution in [-0.2, 0) is 16.6 Å². The molecule has 2 N–H and O–H groups in total. The van der Waals surface area contributed by atoms with Crippen molar-refractivity contribution < 1.29 is 17.9 Å². The lowest BCUT2D eigenvalue weighted by atomic mass is 10.1. The third-order valence-corrected chi connectivity index (χ3v) is 5.21. The van der Waals surface area contributed by atoms with Gasteiger partial charge < -0.3 is 10.1 Å². The highest BCUT2D eigenvalue weighted by molar-refractivity contribution is 7.89. The first kappa shape index (κ1) is 19.9. The van der Waals surface area contributed by atoms with Crippen molar-refractivity contribution in [3.63, 3.8) is 0 Å². The SMILES string of the molecule is COc1ccc(CNS(=O)(=O)c2ccc(C)c(C(=O)NC(C)C)c2)cc1. The first-order valence-corrected chi connectivity index (χ1v) is 9.75. The molecule has 0 aliphatic heterocycles. The van der Waals surface area contributed by atoms with Gasteiger partial charge in [-0.2, -0.15) is 0 Å². The van der Waals surface area contributed by atoms with E-state index in [0.29, 0.717) is 11.3 Å². The number of nitrogens with one attached hydrogen (secondary N) is 2. The molecule has 1 amide bonds. The first-order chi connectivity index (χ1) is 12.2. The van der Waals surface area contributed by atoms with Crippen LogP contribution in [0.1, 0.15) is 35.3 Å². The van der Waals surface area contributed by atoms with Gasteiger partial charge in [0, 0.05) is 18.2 Å². The van der Waals surface area contributed by atoms with Gasteiger partial charge in [-0.1, -0.05) is 18.2 Å². The summed E-state index contributed by atoms with van der Waals surface area (Å²) in [5, 5.41) is 2.78. The van der Waals surface area contributed by atoms with Gasteiger partial charge in [-0.3, -0.25) is 4.79 Å². The molecule has 140 valence electrons. The minimum Gasteiger partial charge on any atom is -0.497 e. The van der Waals surface area contributed by atoms with Crippen LogP contribution >= 0.6 is 0 Å². The van der Waals surface area contributed by atoms with Crippen molar-refractivity contribution in [3.05, 3.63) is 59.2 Å². The molecule has 6 nitrogen and oxygen atoms in total. The third-order valence-electron chi connectivity index (χ3n) is 3.81. The van der Waals surface area contributed by atoms with Crippen molar-refractivity contribution in [2.75, 3.05) is 7.11 Å². The molecule has 0 aromatic heterocycles. The van der Waals surface area contributed by atoms with Crippen molar-refractivity contribution in [2.45, 2.75) is 38.3 Å². The Morgan fingerprint density at radius 3 is 2.35 bits per heavy atom. The summed E-state index contributed by atoms with van der Waals surface area (Å²) in [6.45, 7) is 5.62. The molecular formula is C19H24N2O4S. The van der Waals surface area contributed by atoms with Crippen LogP contribution in [-0.4, -0.2) is 27.5 Å². The van der Waals surface area contributed by atoms with Gasteiger partial charge in [0.15, 0.2) is 0 Å². The molecule has 0 fully saturated rings. The lowest BCUT2D eigenvalue weighted by molar-refractivity contribution is 0.0942. The van der Waals surface area contributed by atoms with Crippen LogP contribution < -0.4 is 14.8 Å². The maximum Gasteiger partial charge on any atom is 0.251 e. The Hall–Kier alpha value is -2.38. The monoisotopic (exact) mass is 376 g/mol. The van der Waals surface area contributed by atoms with E-state index in [1.165, 1.54) is 12.1 Å². The molecule has 7 heteroatoms. The number of rotatable bonds is 7. The van der Waals surface area contributed by atoms with E-state index in [2.05, 4.69) is 10.0 Å². The average Bonchev–Trinajstić information content (AvgIpc) is 2.60. The number of ether oxygens (including phenoxy) is 1. The number of carbonyl (C=O) groups is 1. The second-order valence-electron chi connectivity index (χ2n) is 6.28. The molecule has 0 unspecified atom stereocenters. The fraction of sp³-hybridized carbons (Fsp3) is 0.316. The molecule has 2 aromatic carbocycles. The Balaban J connectivity index is 2.18. The van der Waals surface area contributed by atoms with E-state index in [0.717, 1.165) is 11.1 Å².